The Morgan fingerprint density at radius 1 is 1.00 bits per heavy atom. The Hall–Kier alpha value is 2.03. The molecule has 0 amide bonds. The van der Waals surface area contributed by atoms with Crippen molar-refractivity contribution < 1.29 is 0 Å². The van der Waals surface area contributed by atoms with Gasteiger partial charge in [0.25, 0.3) is 0 Å². The Kier molecular flexibility index (Phi) is 4.35. The minimum absolute atomic E-state index is 0.0895. The highest BCUT2D eigenvalue weighted by Gasteiger charge is 2.76. The van der Waals surface area contributed by atoms with Gasteiger partial charge in [-0.25, -0.2) is 0 Å². The van der Waals surface area contributed by atoms with Crippen LogP contribution in [0.3, 0.4) is 0 Å². The molecule has 100 valence electrons. The van der Waals surface area contributed by atoms with E-state index in [1.165, 1.54) is 0 Å². The van der Waals surface area contributed by atoms with Gasteiger partial charge in [0, 0.05) is 22.1 Å². The summed E-state index contributed by atoms with van der Waals surface area (Å²) in [5.41, 5.74) is -1.22. The van der Waals surface area contributed by atoms with Gasteiger partial charge >= 0.3 is 0 Å². The Morgan fingerprint density at radius 2 is 1.53 bits per heavy atom. The molecule has 0 radical (unpaired) electrons. The van der Waals surface area contributed by atoms with E-state index in [9.17, 15) is 0 Å². The number of fused-ring (bicyclic) bond motifs is 2. The third kappa shape index (κ3) is 1.71. The maximum atomic E-state index is 6.43. The van der Waals surface area contributed by atoms with Crippen LogP contribution in [0.1, 0.15) is 13.3 Å². The summed E-state index contributed by atoms with van der Waals surface area (Å²) in [4.78, 5) is -1.37. The van der Waals surface area contributed by atoms with Gasteiger partial charge in [-0.15, -0.1) is 81.2 Å². The Morgan fingerprint density at radius 3 is 1.88 bits per heavy atom. The lowest BCUT2D eigenvalue weighted by atomic mass is 9.70. The molecule has 17 heavy (non-hydrogen) atoms. The van der Waals surface area contributed by atoms with Crippen LogP contribution in [0.2, 0.25) is 0 Å². The molecule has 0 spiro atoms. The van der Waals surface area contributed by atoms with Crippen LogP contribution in [-0.2, 0) is 0 Å². The average molecular weight is 379 g/mol. The predicted octanol–water partition coefficient (Wildman–Crippen LogP) is 5.44. The molecule has 7 heteroatoms. The molecule has 0 aliphatic heterocycles. The van der Waals surface area contributed by atoms with Crippen molar-refractivity contribution in [1.29, 1.82) is 0 Å². The van der Waals surface area contributed by atoms with Gasteiger partial charge < -0.3 is 0 Å². The number of alkyl halides is 7. The van der Waals surface area contributed by atoms with E-state index in [2.05, 4.69) is 0 Å². The minimum Gasteiger partial charge on any atom is -0.123 e. The summed E-state index contributed by atoms with van der Waals surface area (Å²) in [6.07, 6.45) is 0.584. The quantitative estimate of drug-likeness (QED) is 0.561. The molecule has 2 aliphatic carbocycles. The third-order valence-electron chi connectivity index (χ3n) is 4.58. The van der Waals surface area contributed by atoms with Crippen molar-refractivity contribution in [3.63, 3.8) is 0 Å². The van der Waals surface area contributed by atoms with Gasteiger partial charge in [0.05, 0.1) is 10.8 Å². The van der Waals surface area contributed by atoms with E-state index >= 15 is 0 Å². The van der Waals surface area contributed by atoms with E-state index in [-0.39, 0.29) is 22.0 Å². The van der Waals surface area contributed by atoms with Crippen LogP contribution in [0.5, 0.6) is 0 Å². The van der Waals surface area contributed by atoms with Crippen molar-refractivity contribution in [3.05, 3.63) is 0 Å². The predicted molar refractivity (Wildman–Crippen MR) is 78.6 cm³/mol. The van der Waals surface area contributed by atoms with E-state index in [0.717, 1.165) is 0 Å². The number of hydrogen-bond acceptors (Lipinski definition) is 0. The lowest BCUT2D eigenvalue weighted by molar-refractivity contribution is 0.140. The molecule has 0 aromatic rings. The molecule has 0 heterocycles. The summed E-state index contributed by atoms with van der Waals surface area (Å²) in [5.74, 6) is -0.0895. The van der Waals surface area contributed by atoms with Crippen LogP contribution >= 0.6 is 81.2 Å². The van der Waals surface area contributed by atoms with Crippen molar-refractivity contribution in [1.82, 2.24) is 0 Å². The zero-order chi connectivity index (χ0) is 13.2. The zero-order valence-corrected chi connectivity index (χ0v) is 14.1. The lowest BCUT2D eigenvalue weighted by Gasteiger charge is -2.44. The average Bonchev–Trinajstić information content (AvgIpc) is 2.54. The fourth-order valence-electron chi connectivity index (χ4n) is 3.55. The van der Waals surface area contributed by atoms with Crippen LogP contribution in [-0.4, -0.2) is 25.8 Å². The van der Waals surface area contributed by atoms with Crippen LogP contribution in [0.4, 0.5) is 0 Å². The molecule has 0 aromatic heterocycles. The summed E-state index contributed by atoms with van der Waals surface area (Å²) in [6, 6.07) is 0. The first-order chi connectivity index (χ1) is 7.71. The van der Waals surface area contributed by atoms with E-state index in [1.54, 1.807) is 0 Å². The molecule has 6 atom stereocenters. The fourth-order valence-corrected chi connectivity index (χ4v) is 7.32. The van der Waals surface area contributed by atoms with E-state index in [4.69, 9.17) is 81.2 Å². The SMILES string of the molecule is C[C@@]1(C(Cl)Cl)[C@@H]2[C@@H](Cl)[C@H](Cl)[C@@]1(C(Cl)Cl)C[C@@H]2Cl. The largest absolute Gasteiger partial charge is 0.123 e. The van der Waals surface area contributed by atoms with Crippen LogP contribution in [0.15, 0.2) is 0 Å². The fraction of sp³-hybridized carbons (Fsp3) is 1.00. The Balaban J connectivity index is 2.59. The van der Waals surface area contributed by atoms with Crippen molar-refractivity contribution in [2.75, 3.05) is 0 Å². The maximum absolute atomic E-state index is 6.43. The summed E-state index contributed by atoms with van der Waals surface area (Å²) < 4.78 is 0. The monoisotopic (exact) mass is 376 g/mol. The molecule has 0 saturated heterocycles. The van der Waals surface area contributed by atoms with E-state index in [1.807, 2.05) is 6.92 Å². The minimum atomic E-state index is -0.704. The van der Waals surface area contributed by atoms with Gasteiger partial charge in [-0.2, -0.15) is 0 Å². The van der Waals surface area contributed by atoms with Gasteiger partial charge in [-0.05, 0) is 6.42 Å². The second-order valence-corrected chi connectivity index (χ2v) is 8.74. The number of hydrogen-bond donors (Lipinski definition) is 0. The summed E-state index contributed by atoms with van der Waals surface area (Å²) >= 11 is 43.8. The highest BCUT2D eigenvalue weighted by molar-refractivity contribution is 6.48. The molecule has 2 bridgehead atoms. The van der Waals surface area contributed by atoms with Crippen LogP contribution in [0, 0.1) is 16.7 Å². The second-order valence-electron chi connectivity index (χ2n) is 5.02. The normalized spacial score (nSPS) is 54.0. The first kappa shape index (κ1) is 15.4. The van der Waals surface area contributed by atoms with Crippen molar-refractivity contribution in [2.24, 2.45) is 16.7 Å². The van der Waals surface area contributed by atoms with Gasteiger partial charge in [0.15, 0.2) is 0 Å². The topological polar surface area (TPSA) is 0 Å². The Labute approximate surface area is 136 Å². The molecule has 2 rings (SSSR count). The molecule has 2 saturated carbocycles. The lowest BCUT2D eigenvalue weighted by Crippen LogP contribution is -2.47. The smallest absolute Gasteiger partial charge is 0.115 e. The third-order valence-corrected chi connectivity index (χ3v) is 8.00. The molecule has 0 N–H and O–H groups in total. The molecular weight excluding hydrogens is 368 g/mol. The number of halogens is 7. The van der Waals surface area contributed by atoms with Crippen molar-refractivity contribution >= 4 is 81.2 Å². The van der Waals surface area contributed by atoms with Crippen molar-refractivity contribution in [3.8, 4) is 0 Å². The first-order valence-electron chi connectivity index (χ1n) is 5.19. The highest BCUT2D eigenvalue weighted by Crippen LogP contribution is 2.74. The molecule has 2 aliphatic rings. The highest BCUT2D eigenvalue weighted by atomic mass is 35.5. The zero-order valence-electron chi connectivity index (χ0n) is 8.82. The van der Waals surface area contributed by atoms with Gasteiger partial charge in [0.2, 0.25) is 0 Å². The molecular formula is C10H11Cl7. The molecule has 0 nitrogen and oxygen atoms in total. The standard InChI is InChI=1S/C10H11Cl7/c1-9(7(14)15)4-3(11)2-10(9,8(16)17)6(13)5(4)12/h3-8H,2H2,1H3/t3-,4-,5+,6-,9-,10+/m0/s1. The first-order valence-corrected chi connectivity index (χ1v) is 8.25. The second kappa shape index (κ2) is 4.79. The van der Waals surface area contributed by atoms with Crippen molar-refractivity contribution in [2.45, 2.75) is 39.1 Å². The van der Waals surface area contributed by atoms with Gasteiger partial charge in [-0.3, -0.25) is 0 Å². The molecule has 0 aromatic carbocycles. The summed E-state index contributed by atoms with van der Waals surface area (Å²) in [7, 11) is 0. The van der Waals surface area contributed by atoms with Gasteiger partial charge in [0.1, 0.15) is 9.67 Å². The summed E-state index contributed by atoms with van der Waals surface area (Å²) in [6.45, 7) is 1.93. The molecule has 2 fully saturated rings. The molecule has 0 unspecified atom stereocenters. The number of rotatable bonds is 2. The van der Waals surface area contributed by atoms with Gasteiger partial charge in [-0.1, -0.05) is 6.92 Å². The van der Waals surface area contributed by atoms with Crippen LogP contribution in [0.25, 0.3) is 0 Å². The summed E-state index contributed by atoms with van der Waals surface area (Å²) in [5, 5.41) is -0.857. The Bertz CT molecular complexity index is 320. The van der Waals surface area contributed by atoms with E-state index < -0.39 is 20.5 Å². The maximum Gasteiger partial charge on any atom is 0.115 e. The van der Waals surface area contributed by atoms with Crippen LogP contribution < -0.4 is 0 Å². The van der Waals surface area contributed by atoms with E-state index in [0.29, 0.717) is 6.42 Å².